The third-order valence-electron chi connectivity index (χ3n) is 5.10. The van der Waals surface area contributed by atoms with Crippen LogP contribution in [0.2, 0.25) is 0 Å². The second-order valence-electron chi connectivity index (χ2n) is 6.87. The zero-order valence-electron chi connectivity index (χ0n) is 15.7. The molecular weight excluding hydrogens is 420 g/mol. The fourth-order valence-corrected chi connectivity index (χ4v) is 4.14. The molecule has 146 valence electrons. The van der Waals surface area contributed by atoms with Gasteiger partial charge in [0.15, 0.2) is 0 Å². The highest BCUT2D eigenvalue weighted by Gasteiger charge is 2.26. The molecule has 7 nitrogen and oxygen atoms in total. The molecule has 1 aromatic heterocycles. The Morgan fingerprint density at radius 2 is 2.21 bits per heavy atom. The number of ether oxygens (including phenoxy) is 1. The van der Waals surface area contributed by atoms with Crippen molar-refractivity contribution in [3.8, 4) is 11.4 Å². The van der Waals surface area contributed by atoms with E-state index in [1.54, 1.807) is 18.1 Å². The van der Waals surface area contributed by atoms with Crippen molar-refractivity contribution in [1.29, 1.82) is 0 Å². The molecular formula is C20H23BrN6O. The molecule has 28 heavy (non-hydrogen) atoms. The fraction of sp³-hybridized carbons (Fsp3) is 0.350. The summed E-state index contributed by atoms with van der Waals surface area (Å²) in [6.45, 7) is 1.74. The van der Waals surface area contributed by atoms with Gasteiger partial charge in [0.1, 0.15) is 12.1 Å². The average molecular weight is 443 g/mol. The van der Waals surface area contributed by atoms with Gasteiger partial charge in [-0.05, 0) is 65.7 Å². The average Bonchev–Trinajstić information content (AvgIpc) is 3.27. The molecule has 0 amide bonds. The van der Waals surface area contributed by atoms with E-state index in [4.69, 9.17) is 4.74 Å². The van der Waals surface area contributed by atoms with Gasteiger partial charge in [0.2, 0.25) is 0 Å². The van der Waals surface area contributed by atoms with Gasteiger partial charge in [0.05, 0.1) is 12.8 Å². The normalized spacial score (nSPS) is 19.5. The van der Waals surface area contributed by atoms with E-state index in [-0.39, 0.29) is 6.04 Å². The molecule has 2 heterocycles. The van der Waals surface area contributed by atoms with Gasteiger partial charge in [-0.1, -0.05) is 28.1 Å². The van der Waals surface area contributed by atoms with Gasteiger partial charge in [-0.15, -0.1) is 5.10 Å². The number of nitrogens with one attached hydrogen (secondary N) is 2. The standard InChI is InChI=1S/C20H23BrN6O/c1-28-19-8-7-17(27-13-24-25-26-27)11-15(19)12-23-18-6-3-9-22-20(18)14-4-2-5-16(21)10-14/h2,4-5,7-8,10-11,13,18,20,22-23H,3,6,9,12H2,1H3/t18-,20-/m1/s1. The molecule has 3 aromatic rings. The van der Waals surface area contributed by atoms with E-state index >= 15 is 0 Å². The van der Waals surface area contributed by atoms with Crippen molar-refractivity contribution >= 4 is 15.9 Å². The Hall–Kier alpha value is -2.29. The first-order valence-electron chi connectivity index (χ1n) is 9.37. The lowest BCUT2D eigenvalue weighted by atomic mass is 9.92. The maximum absolute atomic E-state index is 5.56. The van der Waals surface area contributed by atoms with Crippen molar-refractivity contribution < 1.29 is 4.74 Å². The van der Waals surface area contributed by atoms with Crippen molar-refractivity contribution in [2.75, 3.05) is 13.7 Å². The quantitative estimate of drug-likeness (QED) is 0.610. The topological polar surface area (TPSA) is 76.9 Å². The van der Waals surface area contributed by atoms with E-state index in [0.717, 1.165) is 40.9 Å². The van der Waals surface area contributed by atoms with Crippen LogP contribution in [0.3, 0.4) is 0 Å². The molecule has 2 atom stereocenters. The molecule has 0 aliphatic carbocycles. The van der Waals surface area contributed by atoms with Crippen LogP contribution in [0.15, 0.2) is 53.3 Å². The number of hydrogen-bond donors (Lipinski definition) is 2. The van der Waals surface area contributed by atoms with Gasteiger partial charge in [-0.3, -0.25) is 0 Å². The van der Waals surface area contributed by atoms with Crippen LogP contribution in [0, 0.1) is 0 Å². The maximum Gasteiger partial charge on any atom is 0.143 e. The fourth-order valence-electron chi connectivity index (χ4n) is 3.72. The maximum atomic E-state index is 5.56. The van der Waals surface area contributed by atoms with Crippen molar-refractivity contribution in [2.24, 2.45) is 0 Å². The molecule has 0 radical (unpaired) electrons. The number of tetrazole rings is 1. The van der Waals surface area contributed by atoms with Gasteiger partial charge in [0.25, 0.3) is 0 Å². The third kappa shape index (κ3) is 4.24. The summed E-state index contributed by atoms with van der Waals surface area (Å²) >= 11 is 3.59. The summed E-state index contributed by atoms with van der Waals surface area (Å²) in [5, 5.41) is 18.8. The van der Waals surface area contributed by atoms with E-state index in [9.17, 15) is 0 Å². The summed E-state index contributed by atoms with van der Waals surface area (Å²) in [4.78, 5) is 0. The van der Waals surface area contributed by atoms with Crippen molar-refractivity contribution in [2.45, 2.75) is 31.5 Å². The van der Waals surface area contributed by atoms with Crippen molar-refractivity contribution in [3.05, 3.63) is 64.4 Å². The molecule has 1 aliphatic rings. The van der Waals surface area contributed by atoms with E-state index in [0.29, 0.717) is 12.6 Å². The second-order valence-corrected chi connectivity index (χ2v) is 7.78. The molecule has 4 rings (SSSR count). The molecule has 1 saturated heterocycles. The highest BCUT2D eigenvalue weighted by Crippen LogP contribution is 2.27. The molecule has 0 spiro atoms. The number of aromatic nitrogens is 4. The Bertz CT molecular complexity index is 917. The largest absolute Gasteiger partial charge is 0.496 e. The molecule has 8 heteroatoms. The lowest BCUT2D eigenvalue weighted by molar-refractivity contribution is 0.302. The van der Waals surface area contributed by atoms with E-state index in [1.165, 1.54) is 5.56 Å². The SMILES string of the molecule is COc1ccc(-n2cnnn2)cc1CN[C@@H]1CCCN[C@@H]1c1cccc(Br)c1. The van der Waals surface area contributed by atoms with Crippen molar-refractivity contribution in [3.63, 3.8) is 0 Å². The Labute approximate surface area is 172 Å². The summed E-state index contributed by atoms with van der Waals surface area (Å²) in [7, 11) is 1.70. The molecule has 2 N–H and O–H groups in total. The van der Waals surface area contributed by atoms with E-state index in [1.807, 2.05) is 12.1 Å². The molecule has 0 saturated carbocycles. The molecule has 2 aromatic carbocycles. The minimum absolute atomic E-state index is 0.278. The predicted molar refractivity (Wildman–Crippen MR) is 110 cm³/mol. The summed E-state index contributed by atoms with van der Waals surface area (Å²) in [5.41, 5.74) is 3.28. The highest BCUT2D eigenvalue weighted by molar-refractivity contribution is 9.10. The number of rotatable bonds is 6. The Kier molecular flexibility index (Phi) is 5.99. The zero-order valence-corrected chi connectivity index (χ0v) is 17.3. The number of benzene rings is 2. The van der Waals surface area contributed by atoms with Crippen LogP contribution in [0.25, 0.3) is 5.69 Å². The zero-order chi connectivity index (χ0) is 19.3. The van der Waals surface area contributed by atoms with Crippen LogP contribution in [-0.2, 0) is 6.54 Å². The number of halogens is 1. The monoisotopic (exact) mass is 442 g/mol. The van der Waals surface area contributed by atoms with Gasteiger partial charge >= 0.3 is 0 Å². The van der Waals surface area contributed by atoms with E-state index in [2.05, 4.69) is 72.4 Å². The Balaban J connectivity index is 1.53. The molecule has 0 unspecified atom stereocenters. The third-order valence-corrected chi connectivity index (χ3v) is 5.59. The van der Waals surface area contributed by atoms with Gasteiger partial charge in [-0.2, -0.15) is 0 Å². The molecule has 1 fully saturated rings. The summed E-state index contributed by atoms with van der Waals surface area (Å²) in [6, 6.07) is 15.1. The molecule has 0 bridgehead atoms. The minimum atomic E-state index is 0.278. The van der Waals surface area contributed by atoms with Crippen molar-refractivity contribution in [1.82, 2.24) is 30.8 Å². The van der Waals surface area contributed by atoms with Crippen LogP contribution in [0.1, 0.15) is 30.0 Å². The number of methoxy groups -OCH3 is 1. The number of piperidine rings is 1. The van der Waals surface area contributed by atoms with Crippen LogP contribution in [0.5, 0.6) is 5.75 Å². The van der Waals surface area contributed by atoms with Crippen LogP contribution < -0.4 is 15.4 Å². The summed E-state index contributed by atoms with van der Waals surface area (Å²) < 4.78 is 8.31. The lowest BCUT2D eigenvalue weighted by Crippen LogP contribution is -2.45. The van der Waals surface area contributed by atoms with Gasteiger partial charge < -0.3 is 15.4 Å². The summed E-state index contributed by atoms with van der Waals surface area (Å²) in [5.74, 6) is 0.854. The van der Waals surface area contributed by atoms with Gasteiger partial charge in [-0.25, -0.2) is 4.68 Å². The Morgan fingerprint density at radius 3 is 3.00 bits per heavy atom. The first-order chi connectivity index (χ1) is 13.7. The first-order valence-corrected chi connectivity index (χ1v) is 10.2. The van der Waals surface area contributed by atoms with E-state index < -0.39 is 0 Å². The first kappa shape index (κ1) is 19.0. The smallest absolute Gasteiger partial charge is 0.143 e. The number of nitrogens with zero attached hydrogens (tertiary/aromatic N) is 4. The van der Waals surface area contributed by atoms with Crippen LogP contribution >= 0.6 is 15.9 Å². The second kappa shape index (κ2) is 8.81. The Morgan fingerprint density at radius 1 is 1.29 bits per heavy atom. The van der Waals surface area contributed by atoms with Crippen LogP contribution in [-0.4, -0.2) is 39.9 Å². The number of hydrogen-bond acceptors (Lipinski definition) is 6. The predicted octanol–water partition coefficient (Wildman–Crippen LogP) is 3.02. The van der Waals surface area contributed by atoms with Gasteiger partial charge in [0, 0.05) is 28.7 Å². The lowest BCUT2D eigenvalue weighted by Gasteiger charge is -2.34. The highest BCUT2D eigenvalue weighted by atomic mass is 79.9. The van der Waals surface area contributed by atoms with Crippen LogP contribution in [0.4, 0.5) is 0 Å². The molecule has 1 aliphatic heterocycles. The minimum Gasteiger partial charge on any atom is -0.496 e. The summed E-state index contributed by atoms with van der Waals surface area (Å²) in [6.07, 6.45) is 3.87.